The zero-order chi connectivity index (χ0) is 15.9. The van der Waals surface area contributed by atoms with Gasteiger partial charge in [-0.1, -0.05) is 0 Å². The largest absolute Gasteiger partial charge is 0.493 e. The average Bonchev–Trinajstić information content (AvgIpc) is 2.84. The lowest BCUT2D eigenvalue weighted by Gasteiger charge is -2.04. The second-order valence-electron chi connectivity index (χ2n) is 4.88. The lowest BCUT2D eigenvalue weighted by Crippen LogP contribution is -2.11. The topological polar surface area (TPSA) is 94.6 Å². The normalized spacial score (nSPS) is 10.8. The van der Waals surface area contributed by atoms with Crippen LogP contribution in [-0.2, 0) is 4.79 Å². The van der Waals surface area contributed by atoms with E-state index < -0.39 is 5.91 Å². The highest BCUT2D eigenvalue weighted by atomic mass is 16.5. The summed E-state index contributed by atoms with van der Waals surface area (Å²) in [6, 6.07) is 8.44. The second-order valence-corrected chi connectivity index (χ2v) is 4.88. The van der Waals surface area contributed by atoms with Crippen molar-refractivity contribution in [2.45, 2.75) is 6.92 Å². The monoisotopic (exact) mass is 298 g/mol. The number of methoxy groups -OCH3 is 1. The summed E-state index contributed by atoms with van der Waals surface area (Å²) in [4.78, 5) is 22.9. The van der Waals surface area contributed by atoms with Crippen molar-refractivity contribution in [2.75, 3.05) is 12.4 Å². The Bertz CT molecular complexity index is 911. The Morgan fingerprint density at radius 3 is 2.64 bits per heavy atom. The number of hydrogen-bond donors (Lipinski definition) is 2. The Kier molecular flexibility index (Phi) is 3.21. The molecule has 1 heterocycles. The van der Waals surface area contributed by atoms with Crippen LogP contribution in [0, 0.1) is 0 Å². The van der Waals surface area contributed by atoms with Crippen molar-refractivity contribution in [3.63, 3.8) is 0 Å². The summed E-state index contributed by atoms with van der Waals surface area (Å²) < 4.78 is 11.1. The number of anilines is 1. The van der Waals surface area contributed by atoms with E-state index in [1.807, 2.05) is 0 Å². The Morgan fingerprint density at radius 1 is 1.23 bits per heavy atom. The predicted octanol–water partition coefficient (Wildman–Crippen LogP) is 2.65. The van der Waals surface area contributed by atoms with E-state index >= 15 is 0 Å². The molecular weight excluding hydrogens is 284 g/mol. The molecule has 3 rings (SSSR count). The smallest absolute Gasteiger partial charge is 0.249 e. The number of benzene rings is 2. The summed E-state index contributed by atoms with van der Waals surface area (Å²) in [7, 11) is 1.52. The van der Waals surface area contributed by atoms with Crippen molar-refractivity contribution in [3.05, 3.63) is 35.9 Å². The summed E-state index contributed by atoms with van der Waals surface area (Å²) in [6.45, 7) is 1.43. The number of fused-ring (bicyclic) bond motifs is 3. The van der Waals surface area contributed by atoms with Crippen LogP contribution in [0.2, 0.25) is 0 Å². The van der Waals surface area contributed by atoms with Gasteiger partial charge in [-0.15, -0.1) is 0 Å². The number of hydrogen-bond acceptors (Lipinski definition) is 4. The van der Waals surface area contributed by atoms with Crippen molar-refractivity contribution in [1.82, 2.24) is 0 Å². The molecule has 0 aliphatic carbocycles. The maximum absolute atomic E-state index is 11.7. The molecule has 2 amide bonds. The fourth-order valence-corrected chi connectivity index (χ4v) is 2.50. The average molecular weight is 298 g/mol. The Balaban J connectivity index is 2.38. The van der Waals surface area contributed by atoms with Crippen LogP contribution < -0.4 is 15.8 Å². The number of rotatable bonds is 3. The first-order valence-electron chi connectivity index (χ1n) is 6.62. The fourth-order valence-electron chi connectivity index (χ4n) is 2.50. The molecule has 0 radical (unpaired) electrons. The first kappa shape index (κ1) is 13.9. The highest BCUT2D eigenvalue weighted by Gasteiger charge is 2.18. The van der Waals surface area contributed by atoms with Gasteiger partial charge < -0.3 is 20.2 Å². The van der Waals surface area contributed by atoms with Crippen molar-refractivity contribution in [2.24, 2.45) is 5.73 Å². The van der Waals surface area contributed by atoms with E-state index in [1.165, 1.54) is 14.0 Å². The molecule has 1 aromatic heterocycles. The van der Waals surface area contributed by atoms with Crippen molar-refractivity contribution in [3.8, 4) is 5.75 Å². The number of furan rings is 1. The second kappa shape index (κ2) is 5.07. The van der Waals surface area contributed by atoms with Gasteiger partial charge in [0.25, 0.3) is 0 Å². The lowest BCUT2D eigenvalue weighted by atomic mass is 10.0. The molecule has 0 spiro atoms. The molecule has 22 heavy (non-hydrogen) atoms. The van der Waals surface area contributed by atoms with Crippen molar-refractivity contribution < 1.29 is 18.7 Å². The number of carbonyl (C=O) groups is 2. The molecule has 0 aliphatic heterocycles. The van der Waals surface area contributed by atoms with Gasteiger partial charge >= 0.3 is 0 Å². The molecule has 0 unspecified atom stereocenters. The van der Waals surface area contributed by atoms with Gasteiger partial charge in [-0.3, -0.25) is 9.59 Å². The minimum absolute atomic E-state index is 0.181. The molecule has 0 aliphatic rings. The summed E-state index contributed by atoms with van der Waals surface area (Å²) in [5.41, 5.74) is 7.44. The highest BCUT2D eigenvalue weighted by molar-refractivity contribution is 6.18. The molecule has 3 N–H and O–H groups in total. The highest BCUT2D eigenvalue weighted by Crippen LogP contribution is 2.38. The fraction of sp³-hybridized carbons (Fsp3) is 0.125. The summed E-state index contributed by atoms with van der Waals surface area (Å²) >= 11 is 0. The number of nitrogens with two attached hydrogens (primary N) is 1. The van der Waals surface area contributed by atoms with E-state index in [9.17, 15) is 9.59 Å². The molecule has 0 bridgehead atoms. The van der Waals surface area contributed by atoms with Crippen molar-refractivity contribution >= 4 is 39.4 Å². The third kappa shape index (κ3) is 2.14. The zero-order valence-corrected chi connectivity index (χ0v) is 12.1. The molecule has 0 fully saturated rings. The lowest BCUT2D eigenvalue weighted by molar-refractivity contribution is -0.114. The van der Waals surface area contributed by atoms with Gasteiger partial charge in [0.05, 0.1) is 12.7 Å². The molecule has 0 saturated carbocycles. The minimum atomic E-state index is -0.555. The zero-order valence-electron chi connectivity index (χ0n) is 12.1. The number of primary amides is 1. The predicted molar refractivity (Wildman–Crippen MR) is 83.1 cm³/mol. The summed E-state index contributed by atoms with van der Waals surface area (Å²) in [6.07, 6.45) is 0. The molecule has 2 aromatic carbocycles. The van der Waals surface area contributed by atoms with Crippen LogP contribution >= 0.6 is 0 Å². The first-order chi connectivity index (χ1) is 10.5. The van der Waals surface area contributed by atoms with Gasteiger partial charge in [0.1, 0.15) is 5.58 Å². The van der Waals surface area contributed by atoms with E-state index in [0.717, 1.165) is 0 Å². The third-order valence-electron chi connectivity index (χ3n) is 3.39. The van der Waals surface area contributed by atoms with Gasteiger partial charge in [0.2, 0.25) is 11.8 Å². The standard InChI is InChI=1S/C16H14N2O4/c1-8(19)18-9-3-5-12-11(7-9)14-10(16(17)20)4-6-13(21-2)15(14)22-12/h3-7H,1-2H3,(H2,17,20)(H,18,19). The van der Waals surface area contributed by atoms with Crippen LogP contribution in [0.5, 0.6) is 5.75 Å². The van der Waals surface area contributed by atoms with E-state index in [-0.39, 0.29) is 5.91 Å². The maximum atomic E-state index is 11.7. The summed E-state index contributed by atoms with van der Waals surface area (Å²) in [5, 5.41) is 3.97. The van der Waals surface area contributed by atoms with E-state index in [2.05, 4.69) is 5.32 Å². The van der Waals surface area contributed by atoms with Crippen LogP contribution in [0.1, 0.15) is 17.3 Å². The van der Waals surface area contributed by atoms with Crippen LogP contribution in [0.3, 0.4) is 0 Å². The van der Waals surface area contributed by atoms with Gasteiger partial charge in [0, 0.05) is 23.4 Å². The Labute approximate surface area is 125 Å². The molecule has 6 heteroatoms. The van der Waals surface area contributed by atoms with Gasteiger partial charge in [-0.25, -0.2) is 0 Å². The van der Waals surface area contributed by atoms with E-state index in [1.54, 1.807) is 30.3 Å². The molecule has 3 aromatic rings. The van der Waals surface area contributed by atoms with Crippen LogP contribution in [0.4, 0.5) is 5.69 Å². The Hall–Kier alpha value is -3.02. The van der Waals surface area contributed by atoms with Gasteiger partial charge in [0.15, 0.2) is 11.3 Å². The SMILES string of the molecule is COc1ccc(C(N)=O)c2c1oc1ccc(NC(C)=O)cc12. The summed E-state index contributed by atoms with van der Waals surface area (Å²) in [5.74, 6) is -0.225. The van der Waals surface area contributed by atoms with E-state index in [4.69, 9.17) is 14.9 Å². The van der Waals surface area contributed by atoms with E-state index in [0.29, 0.717) is 38.9 Å². The minimum Gasteiger partial charge on any atom is -0.493 e. The van der Waals surface area contributed by atoms with Crippen LogP contribution in [-0.4, -0.2) is 18.9 Å². The van der Waals surface area contributed by atoms with Crippen LogP contribution in [0.25, 0.3) is 21.9 Å². The molecule has 6 nitrogen and oxygen atoms in total. The number of nitrogens with one attached hydrogen (secondary N) is 1. The Morgan fingerprint density at radius 2 is 2.00 bits per heavy atom. The van der Waals surface area contributed by atoms with Crippen molar-refractivity contribution in [1.29, 1.82) is 0 Å². The number of amides is 2. The maximum Gasteiger partial charge on any atom is 0.249 e. The number of carbonyl (C=O) groups excluding carboxylic acids is 2. The first-order valence-corrected chi connectivity index (χ1v) is 6.62. The molecule has 0 atom stereocenters. The van der Waals surface area contributed by atoms with Gasteiger partial charge in [-0.2, -0.15) is 0 Å². The van der Waals surface area contributed by atoms with Crippen LogP contribution in [0.15, 0.2) is 34.7 Å². The molecular formula is C16H14N2O4. The van der Waals surface area contributed by atoms with Gasteiger partial charge in [-0.05, 0) is 30.3 Å². The molecule has 112 valence electrons. The third-order valence-corrected chi connectivity index (χ3v) is 3.39. The molecule has 0 saturated heterocycles. The number of ether oxygens (including phenoxy) is 1. The quantitative estimate of drug-likeness (QED) is 0.777.